The molecule has 0 radical (unpaired) electrons. The number of nitrogens with zero attached hydrogens (tertiary/aromatic N) is 1. The van der Waals surface area contributed by atoms with Crippen LogP contribution in [0.2, 0.25) is 0 Å². The Labute approximate surface area is 83.1 Å². The lowest BCUT2D eigenvalue weighted by Crippen LogP contribution is -1.91. The van der Waals surface area contributed by atoms with Crippen LogP contribution in [-0.2, 0) is 11.8 Å². The van der Waals surface area contributed by atoms with Gasteiger partial charge in [0, 0.05) is 29.2 Å². The number of benzene rings is 1. The molecule has 1 atom stereocenters. The molecule has 0 bridgehead atoms. The molecule has 0 aliphatic carbocycles. The summed E-state index contributed by atoms with van der Waals surface area (Å²) in [5.74, 6) is 0. The van der Waals surface area contributed by atoms with Crippen LogP contribution in [0.5, 0.6) is 0 Å². The lowest BCUT2D eigenvalue weighted by molar-refractivity contribution is 0.415. The number of epoxide rings is 1. The molecule has 1 aliphatic rings. The van der Waals surface area contributed by atoms with Crippen LogP contribution in [0.25, 0.3) is 10.9 Å². The van der Waals surface area contributed by atoms with Gasteiger partial charge in [-0.05, 0) is 13.0 Å². The fraction of sp³-hybridized carbons (Fsp3) is 0.333. The van der Waals surface area contributed by atoms with E-state index in [0.29, 0.717) is 6.10 Å². The van der Waals surface area contributed by atoms with Crippen molar-refractivity contribution in [1.82, 2.24) is 4.57 Å². The predicted octanol–water partition coefficient (Wildman–Crippen LogP) is 2.56. The molecular weight excluding hydrogens is 174 g/mol. The van der Waals surface area contributed by atoms with E-state index in [1.807, 2.05) is 0 Å². The molecule has 1 fully saturated rings. The topological polar surface area (TPSA) is 17.5 Å². The maximum absolute atomic E-state index is 5.38. The van der Waals surface area contributed by atoms with Crippen molar-refractivity contribution in [2.45, 2.75) is 13.0 Å². The summed E-state index contributed by atoms with van der Waals surface area (Å²) in [6, 6.07) is 8.51. The molecule has 0 N–H and O–H groups in total. The normalized spacial score (nSPS) is 20.3. The Bertz CT molecular complexity index is 494. The average molecular weight is 187 g/mol. The van der Waals surface area contributed by atoms with Gasteiger partial charge in [-0.25, -0.2) is 0 Å². The number of aryl methyl sites for hydroxylation is 1. The van der Waals surface area contributed by atoms with Crippen LogP contribution < -0.4 is 0 Å². The molecule has 0 spiro atoms. The lowest BCUT2D eigenvalue weighted by atomic mass is 10.1. The molecule has 0 saturated carbocycles. The number of fused-ring (bicyclic) bond motifs is 1. The average Bonchev–Trinajstić information content (AvgIpc) is 2.99. The van der Waals surface area contributed by atoms with E-state index in [-0.39, 0.29) is 0 Å². The Morgan fingerprint density at radius 2 is 2.07 bits per heavy atom. The fourth-order valence-electron chi connectivity index (χ4n) is 2.17. The van der Waals surface area contributed by atoms with Gasteiger partial charge in [-0.1, -0.05) is 18.2 Å². The Kier molecular flexibility index (Phi) is 1.50. The summed E-state index contributed by atoms with van der Waals surface area (Å²) in [5, 5.41) is 1.34. The largest absolute Gasteiger partial charge is 0.368 e. The number of rotatable bonds is 1. The zero-order chi connectivity index (χ0) is 9.71. The van der Waals surface area contributed by atoms with Gasteiger partial charge in [0.05, 0.1) is 6.61 Å². The molecule has 1 aliphatic heterocycles. The van der Waals surface area contributed by atoms with Gasteiger partial charge in [0.25, 0.3) is 0 Å². The first kappa shape index (κ1) is 8.06. The van der Waals surface area contributed by atoms with Crippen LogP contribution in [0.15, 0.2) is 24.3 Å². The molecule has 1 saturated heterocycles. The van der Waals surface area contributed by atoms with Gasteiger partial charge in [-0.15, -0.1) is 0 Å². The molecule has 2 aromatic rings. The molecule has 2 heterocycles. The van der Waals surface area contributed by atoms with E-state index in [9.17, 15) is 0 Å². The van der Waals surface area contributed by atoms with Crippen LogP contribution in [0.4, 0.5) is 0 Å². The smallest absolute Gasteiger partial charge is 0.108 e. The minimum atomic E-state index is 0.348. The van der Waals surface area contributed by atoms with Gasteiger partial charge in [-0.2, -0.15) is 0 Å². The molecule has 2 heteroatoms. The van der Waals surface area contributed by atoms with E-state index in [1.165, 1.54) is 22.2 Å². The van der Waals surface area contributed by atoms with E-state index in [1.54, 1.807) is 0 Å². The van der Waals surface area contributed by atoms with Gasteiger partial charge < -0.3 is 9.30 Å². The van der Waals surface area contributed by atoms with Gasteiger partial charge in [0.15, 0.2) is 0 Å². The zero-order valence-corrected chi connectivity index (χ0v) is 8.45. The van der Waals surface area contributed by atoms with Gasteiger partial charge in [0.2, 0.25) is 0 Å². The second-order valence-corrected chi connectivity index (χ2v) is 3.90. The third-order valence-electron chi connectivity index (χ3n) is 3.10. The van der Waals surface area contributed by atoms with Crippen LogP contribution in [0, 0.1) is 6.92 Å². The second-order valence-electron chi connectivity index (χ2n) is 3.90. The van der Waals surface area contributed by atoms with Crippen molar-refractivity contribution in [3.05, 3.63) is 35.5 Å². The van der Waals surface area contributed by atoms with Crippen molar-refractivity contribution in [2.75, 3.05) is 6.61 Å². The maximum Gasteiger partial charge on any atom is 0.108 e. The number of ether oxygens (including phenoxy) is 1. The van der Waals surface area contributed by atoms with Crippen molar-refractivity contribution in [2.24, 2.45) is 7.05 Å². The lowest BCUT2D eigenvalue weighted by Gasteiger charge is -1.97. The zero-order valence-electron chi connectivity index (χ0n) is 8.45. The van der Waals surface area contributed by atoms with Crippen molar-refractivity contribution in [1.29, 1.82) is 0 Å². The highest BCUT2D eigenvalue weighted by atomic mass is 16.6. The van der Waals surface area contributed by atoms with E-state index in [0.717, 1.165) is 6.61 Å². The SMILES string of the molecule is Cc1c([C@H]2CO2)c2ccccc2n1C. The summed E-state index contributed by atoms with van der Waals surface area (Å²) in [7, 11) is 2.11. The summed E-state index contributed by atoms with van der Waals surface area (Å²) >= 11 is 0. The van der Waals surface area contributed by atoms with Gasteiger partial charge in [-0.3, -0.25) is 0 Å². The number of hydrogen-bond donors (Lipinski definition) is 0. The maximum atomic E-state index is 5.38. The first-order valence-electron chi connectivity index (χ1n) is 4.94. The first-order chi connectivity index (χ1) is 6.79. The van der Waals surface area contributed by atoms with E-state index < -0.39 is 0 Å². The quantitative estimate of drug-likeness (QED) is 0.627. The minimum Gasteiger partial charge on any atom is -0.368 e. The summed E-state index contributed by atoms with van der Waals surface area (Å²) in [4.78, 5) is 0. The number of para-hydroxylation sites is 1. The highest BCUT2D eigenvalue weighted by Gasteiger charge is 2.30. The summed E-state index contributed by atoms with van der Waals surface area (Å²) < 4.78 is 7.63. The Hall–Kier alpha value is -1.28. The molecule has 14 heavy (non-hydrogen) atoms. The minimum absolute atomic E-state index is 0.348. The molecule has 3 rings (SSSR count). The highest BCUT2D eigenvalue weighted by molar-refractivity contribution is 5.86. The third-order valence-corrected chi connectivity index (χ3v) is 3.10. The number of aromatic nitrogens is 1. The Morgan fingerprint density at radius 1 is 1.36 bits per heavy atom. The van der Waals surface area contributed by atoms with Crippen molar-refractivity contribution < 1.29 is 4.74 Å². The molecule has 72 valence electrons. The van der Waals surface area contributed by atoms with Crippen molar-refractivity contribution in [3.63, 3.8) is 0 Å². The van der Waals surface area contributed by atoms with E-state index in [2.05, 4.69) is 42.8 Å². The molecule has 1 aromatic carbocycles. The molecule has 0 unspecified atom stereocenters. The van der Waals surface area contributed by atoms with Crippen LogP contribution in [0.3, 0.4) is 0 Å². The third kappa shape index (κ3) is 0.946. The first-order valence-corrected chi connectivity index (χ1v) is 4.94. The number of hydrogen-bond acceptors (Lipinski definition) is 1. The summed E-state index contributed by atoms with van der Waals surface area (Å²) in [6.07, 6.45) is 0.348. The van der Waals surface area contributed by atoms with Crippen LogP contribution >= 0.6 is 0 Å². The fourth-order valence-corrected chi connectivity index (χ4v) is 2.17. The van der Waals surface area contributed by atoms with Crippen LogP contribution in [-0.4, -0.2) is 11.2 Å². The Morgan fingerprint density at radius 3 is 2.79 bits per heavy atom. The summed E-state index contributed by atoms with van der Waals surface area (Å²) in [5.41, 5.74) is 4.01. The molecule has 1 aromatic heterocycles. The standard InChI is InChI=1S/C12H13NO/c1-8-12(11-7-14-11)9-5-3-4-6-10(9)13(8)2/h3-6,11H,7H2,1-2H3/t11-/m1/s1. The second kappa shape index (κ2) is 2.61. The van der Waals surface area contributed by atoms with Crippen molar-refractivity contribution in [3.8, 4) is 0 Å². The van der Waals surface area contributed by atoms with Gasteiger partial charge in [0.1, 0.15) is 6.10 Å². The van der Waals surface area contributed by atoms with Crippen molar-refractivity contribution >= 4 is 10.9 Å². The molecular formula is C12H13NO. The predicted molar refractivity (Wildman–Crippen MR) is 56.3 cm³/mol. The monoisotopic (exact) mass is 187 g/mol. The van der Waals surface area contributed by atoms with E-state index in [4.69, 9.17) is 4.74 Å². The summed E-state index contributed by atoms with van der Waals surface area (Å²) in [6.45, 7) is 3.05. The highest BCUT2D eigenvalue weighted by Crippen LogP contribution is 2.38. The van der Waals surface area contributed by atoms with Gasteiger partial charge >= 0.3 is 0 Å². The molecule has 2 nitrogen and oxygen atoms in total. The van der Waals surface area contributed by atoms with E-state index >= 15 is 0 Å². The Balaban J connectivity index is 2.40. The molecule has 0 amide bonds. The van der Waals surface area contributed by atoms with Crippen LogP contribution in [0.1, 0.15) is 17.4 Å².